The maximum atomic E-state index is 13.7. The highest BCUT2D eigenvalue weighted by Crippen LogP contribution is 2.37. The molecule has 1 saturated carbocycles. The van der Waals surface area contributed by atoms with Crippen LogP contribution in [-0.4, -0.2) is 65.8 Å². The van der Waals surface area contributed by atoms with E-state index in [0.29, 0.717) is 17.3 Å². The second-order valence-corrected chi connectivity index (χ2v) is 9.36. The van der Waals surface area contributed by atoms with Gasteiger partial charge in [0, 0.05) is 19.1 Å². The molecule has 4 rings (SSSR count). The van der Waals surface area contributed by atoms with Crippen molar-refractivity contribution in [2.45, 2.75) is 70.4 Å². The predicted molar refractivity (Wildman–Crippen MR) is 120 cm³/mol. The number of nitrogens with zero attached hydrogens (tertiary/aromatic N) is 3. The largest absolute Gasteiger partial charge is 0.366 e. The summed E-state index contributed by atoms with van der Waals surface area (Å²) in [7, 11) is 4.16. The maximum absolute atomic E-state index is 13.7. The molecule has 3 aliphatic rings. The van der Waals surface area contributed by atoms with Crippen molar-refractivity contribution in [1.29, 1.82) is 0 Å². The normalized spacial score (nSPS) is 22.7. The molecule has 30 heavy (non-hydrogen) atoms. The Balaban J connectivity index is 1.71. The summed E-state index contributed by atoms with van der Waals surface area (Å²) in [6.07, 6.45) is 8.50. The van der Waals surface area contributed by atoms with Crippen molar-refractivity contribution in [3.8, 4) is 0 Å². The molecule has 1 aliphatic carbocycles. The lowest BCUT2D eigenvalue weighted by Crippen LogP contribution is -2.45. The zero-order valence-electron chi connectivity index (χ0n) is 18.7. The minimum atomic E-state index is -0.0921. The Bertz CT molecular complexity index is 813. The number of likely N-dealkylation sites (tertiary alicyclic amines) is 1. The van der Waals surface area contributed by atoms with Crippen LogP contribution in [-0.2, 0) is 9.59 Å². The molecule has 2 heterocycles. The van der Waals surface area contributed by atoms with Gasteiger partial charge < -0.3 is 9.80 Å². The second-order valence-electron chi connectivity index (χ2n) is 9.36. The van der Waals surface area contributed by atoms with Gasteiger partial charge in [0.1, 0.15) is 5.70 Å². The summed E-state index contributed by atoms with van der Waals surface area (Å²) in [5.41, 5.74) is 3.24. The molecular formula is C25H35N3O2. The molecule has 5 nitrogen and oxygen atoms in total. The van der Waals surface area contributed by atoms with Gasteiger partial charge in [0.15, 0.2) is 0 Å². The number of hydrogen-bond acceptors (Lipinski definition) is 4. The van der Waals surface area contributed by atoms with Gasteiger partial charge in [-0.05, 0) is 58.3 Å². The van der Waals surface area contributed by atoms with Gasteiger partial charge >= 0.3 is 0 Å². The highest BCUT2D eigenvalue weighted by molar-refractivity contribution is 6.35. The molecule has 0 N–H and O–H groups in total. The molecule has 0 radical (unpaired) electrons. The van der Waals surface area contributed by atoms with E-state index in [-0.39, 0.29) is 17.9 Å². The van der Waals surface area contributed by atoms with Crippen LogP contribution in [0.15, 0.2) is 30.0 Å². The van der Waals surface area contributed by atoms with Crippen LogP contribution in [0.5, 0.6) is 0 Å². The van der Waals surface area contributed by atoms with Crippen LogP contribution in [0.2, 0.25) is 0 Å². The Morgan fingerprint density at radius 1 is 0.867 bits per heavy atom. The number of rotatable bonds is 4. The molecule has 162 valence electrons. The smallest absolute Gasteiger partial charge is 0.278 e. The van der Waals surface area contributed by atoms with Crippen LogP contribution in [0.4, 0.5) is 0 Å². The third-order valence-corrected chi connectivity index (χ3v) is 7.21. The molecule has 0 spiro atoms. The Morgan fingerprint density at radius 2 is 1.47 bits per heavy atom. The average molecular weight is 410 g/mol. The van der Waals surface area contributed by atoms with E-state index in [9.17, 15) is 9.59 Å². The summed E-state index contributed by atoms with van der Waals surface area (Å²) >= 11 is 0. The summed E-state index contributed by atoms with van der Waals surface area (Å²) in [4.78, 5) is 33.5. The first-order chi connectivity index (χ1) is 14.5. The third kappa shape index (κ3) is 4.04. The van der Waals surface area contributed by atoms with Crippen LogP contribution in [0, 0.1) is 6.92 Å². The van der Waals surface area contributed by atoms with E-state index in [4.69, 9.17) is 0 Å². The summed E-state index contributed by atoms with van der Waals surface area (Å²) in [6.45, 7) is 4.09. The quantitative estimate of drug-likeness (QED) is 0.560. The lowest BCUT2D eigenvalue weighted by atomic mass is 9.99. The molecule has 0 bridgehead atoms. The molecule has 0 aromatic heterocycles. The Hall–Kier alpha value is -2.14. The monoisotopic (exact) mass is 409 g/mol. The van der Waals surface area contributed by atoms with E-state index in [1.807, 2.05) is 38.2 Å². The number of carbonyl (C=O) groups is 2. The fourth-order valence-electron chi connectivity index (χ4n) is 5.26. The van der Waals surface area contributed by atoms with Crippen molar-refractivity contribution in [3.05, 3.63) is 41.1 Å². The number of piperidine rings is 1. The fraction of sp³-hybridized carbons (Fsp3) is 0.600. The Morgan fingerprint density at radius 3 is 2.07 bits per heavy atom. The molecule has 2 aliphatic heterocycles. The van der Waals surface area contributed by atoms with Crippen molar-refractivity contribution < 1.29 is 9.59 Å². The fourth-order valence-corrected chi connectivity index (χ4v) is 5.26. The standard InChI is InChI=1S/C25H35N3O2/c1-18-10-12-19(13-11-18)22-23(27(3)20-14-16-26(2)17-15-20)25(30)28(24(22)29)21-8-6-4-5-7-9-21/h10-13,20-21H,4-9,14-17H2,1-3H3. The van der Waals surface area contributed by atoms with Crippen molar-refractivity contribution in [2.24, 2.45) is 0 Å². The van der Waals surface area contributed by atoms with Gasteiger partial charge in [-0.15, -0.1) is 0 Å². The Kier molecular flexibility index (Phi) is 6.28. The molecule has 0 atom stereocenters. The minimum absolute atomic E-state index is 0.0383. The van der Waals surface area contributed by atoms with Crippen LogP contribution >= 0.6 is 0 Å². The number of likely N-dealkylation sites (N-methyl/N-ethyl adjacent to an activating group) is 1. The number of imide groups is 1. The van der Waals surface area contributed by atoms with Crippen molar-refractivity contribution in [2.75, 3.05) is 27.2 Å². The molecule has 1 aromatic carbocycles. The van der Waals surface area contributed by atoms with Crippen molar-refractivity contribution in [3.63, 3.8) is 0 Å². The number of amides is 2. The summed E-state index contributed by atoms with van der Waals surface area (Å²) in [5.74, 6) is -0.172. The highest BCUT2D eigenvalue weighted by atomic mass is 16.2. The van der Waals surface area contributed by atoms with Gasteiger partial charge in [0.25, 0.3) is 11.8 Å². The molecule has 2 amide bonds. The van der Waals surface area contributed by atoms with Gasteiger partial charge in [-0.2, -0.15) is 0 Å². The van der Waals surface area contributed by atoms with Gasteiger partial charge in [-0.3, -0.25) is 14.5 Å². The van der Waals surface area contributed by atoms with E-state index in [0.717, 1.165) is 62.7 Å². The number of hydrogen-bond donors (Lipinski definition) is 0. The first kappa shape index (κ1) is 21.1. The van der Waals surface area contributed by atoms with E-state index >= 15 is 0 Å². The summed E-state index contributed by atoms with van der Waals surface area (Å²) in [6, 6.07) is 8.38. The second kappa shape index (κ2) is 8.93. The van der Waals surface area contributed by atoms with Gasteiger partial charge in [0.2, 0.25) is 0 Å². The number of aryl methyl sites for hydroxylation is 1. The summed E-state index contributed by atoms with van der Waals surface area (Å²) < 4.78 is 0. The van der Waals surface area contributed by atoms with E-state index in [2.05, 4.69) is 16.8 Å². The molecule has 0 unspecified atom stereocenters. The number of benzene rings is 1. The van der Waals surface area contributed by atoms with Crippen molar-refractivity contribution >= 4 is 17.4 Å². The number of carbonyl (C=O) groups excluding carboxylic acids is 2. The van der Waals surface area contributed by atoms with E-state index < -0.39 is 0 Å². The third-order valence-electron chi connectivity index (χ3n) is 7.21. The van der Waals surface area contributed by atoms with E-state index in [1.54, 1.807) is 4.90 Å². The summed E-state index contributed by atoms with van der Waals surface area (Å²) in [5, 5.41) is 0. The zero-order chi connectivity index (χ0) is 21.3. The first-order valence-corrected chi connectivity index (χ1v) is 11.6. The molecule has 5 heteroatoms. The van der Waals surface area contributed by atoms with Gasteiger partial charge in [-0.25, -0.2) is 0 Å². The molecule has 1 aromatic rings. The van der Waals surface area contributed by atoms with Crippen LogP contribution in [0.3, 0.4) is 0 Å². The zero-order valence-corrected chi connectivity index (χ0v) is 18.7. The van der Waals surface area contributed by atoms with E-state index in [1.165, 1.54) is 12.8 Å². The van der Waals surface area contributed by atoms with Gasteiger partial charge in [0.05, 0.1) is 5.57 Å². The minimum Gasteiger partial charge on any atom is -0.366 e. The molecular weight excluding hydrogens is 374 g/mol. The van der Waals surface area contributed by atoms with Crippen LogP contribution in [0.1, 0.15) is 62.5 Å². The van der Waals surface area contributed by atoms with Crippen LogP contribution in [0.25, 0.3) is 5.57 Å². The Labute approximate surface area is 180 Å². The first-order valence-electron chi connectivity index (χ1n) is 11.6. The molecule has 1 saturated heterocycles. The lowest BCUT2D eigenvalue weighted by Gasteiger charge is -2.37. The average Bonchev–Trinajstić information content (AvgIpc) is 2.90. The maximum Gasteiger partial charge on any atom is 0.278 e. The predicted octanol–water partition coefficient (Wildman–Crippen LogP) is 3.82. The van der Waals surface area contributed by atoms with Crippen molar-refractivity contribution in [1.82, 2.24) is 14.7 Å². The lowest BCUT2D eigenvalue weighted by molar-refractivity contribution is -0.140. The van der Waals surface area contributed by atoms with Crippen LogP contribution < -0.4 is 0 Å². The topological polar surface area (TPSA) is 43.9 Å². The highest BCUT2D eigenvalue weighted by Gasteiger charge is 2.45. The SMILES string of the molecule is Cc1ccc(C2=C(N(C)C3CCN(C)CC3)C(=O)N(C3CCCCCC3)C2=O)cc1. The van der Waals surface area contributed by atoms with Gasteiger partial charge in [-0.1, -0.05) is 55.5 Å². The molecule has 2 fully saturated rings.